The second-order valence-corrected chi connectivity index (χ2v) is 14.6. The molecular formula is C37H44N4O6. The molecule has 2 amide bonds. The summed E-state index contributed by atoms with van der Waals surface area (Å²) in [5, 5.41) is 4.80. The van der Waals surface area contributed by atoms with Gasteiger partial charge in [-0.3, -0.25) is 4.79 Å². The van der Waals surface area contributed by atoms with Gasteiger partial charge in [0.2, 0.25) is 5.91 Å². The molecule has 3 atom stereocenters. The molecule has 2 saturated heterocycles. The second kappa shape index (κ2) is 11.2. The fraction of sp³-hybridized carbons (Fsp3) is 0.486. The van der Waals surface area contributed by atoms with Crippen LogP contribution in [0.4, 0.5) is 4.79 Å². The lowest BCUT2D eigenvalue weighted by atomic mass is 9.90. The van der Waals surface area contributed by atoms with Gasteiger partial charge < -0.3 is 34.1 Å². The summed E-state index contributed by atoms with van der Waals surface area (Å²) in [7, 11) is 1.30. The van der Waals surface area contributed by atoms with Crippen molar-refractivity contribution in [2.75, 3.05) is 13.7 Å². The number of fused-ring (bicyclic) bond motifs is 6. The van der Waals surface area contributed by atoms with Gasteiger partial charge in [0.1, 0.15) is 24.2 Å². The third kappa shape index (κ3) is 5.31. The number of aromatic amines is 1. The minimum atomic E-state index is -0.694. The molecule has 7 rings (SSSR count). The van der Waals surface area contributed by atoms with Gasteiger partial charge in [0.05, 0.1) is 35.4 Å². The van der Waals surface area contributed by atoms with Gasteiger partial charge in [0.25, 0.3) is 0 Å². The molecule has 10 nitrogen and oxygen atoms in total. The van der Waals surface area contributed by atoms with Crippen molar-refractivity contribution in [3.05, 3.63) is 59.4 Å². The van der Waals surface area contributed by atoms with Gasteiger partial charge >= 0.3 is 6.09 Å². The van der Waals surface area contributed by atoms with Crippen molar-refractivity contribution in [2.45, 2.75) is 91.1 Å². The van der Waals surface area contributed by atoms with E-state index in [0.29, 0.717) is 13.2 Å². The summed E-state index contributed by atoms with van der Waals surface area (Å²) in [6.45, 7) is 15.2. The second-order valence-electron chi connectivity index (χ2n) is 14.6. The number of aromatic nitrogens is 2. The number of benzene rings is 3. The zero-order chi connectivity index (χ0) is 33.4. The summed E-state index contributed by atoms with van der Waals surface area (Å²) in [5.74, 6) is 1.60. The molecular weight excluding hydrogens is 596 g/mol. The summed E-state index contributed by atoms with van der Waals surface area (Å²) < 4.78 is 23.7. The van der Waals surface area contributed by atoms with Crippen LogP contribution < -0.4 is 10.1 Å². The van der Waals surface area contributed by atoms with Crippen molar-refractivity contribution in [1.82, 2.24) is 20.2 Å². The molecule has 0 radical (unpaired) electrons. The van der Waals surface area contributed by atoms with Gasteiger partial charge in [0, 0.05) is 23.1 Å². The third-order valence-corrected chi connectivity index (χ3v) is 10.4. The maximum absolute atomic E-state index is 13.8. The van der Waals surface area contributed by atoms with Crippen molar-refractivity contribution in [1.29, 1.82) is 0 Å². The number of H-pyrrole nitrogens is 1. The van der Waals surface area contributed by atoms with Gasteiger partial charge in [0.15, 0.2) is 6.29 Å². The summed E-state index contributed by atoms with van der Waals surface area (Å²) in [6.07, 6.45) is -0.273. The van der Waals surface area contributed by atoms with E-state index in [1.54, 1.807) is 0 Å². The molecule has 4 heterocycles. The number of carbonyl (C=O) groups excluding carboxylic acids is 2. The topological polar surface area (TPSA) is 115 Å². The largest absolute Gasteiger partial charge is 0.488 e. The molecule has 2 N–H and O–H groups in total. The molecule has 3 aliphatic rings. The number of carbonyl (C=O) groups is 2. The molecule has 47 heavy (non-hydrogen) atoms. The van der Waals surface area contributed by atoms with Crippen LogP contribution in [-0.2, 0) is 25.6 Å². The number of nitrogens with zero attached hydrogens (tertiary/aromatic N) is 2. The monoisotopic (exact) mass is 640 g/mol. The summed E-state index contributed by atoms with van der Waals surface area (Å²) in [5.41, 5.74) is 5.17. The van der Waals surface area contributed by atoms with Crippen LogP contribution in [0.5, 0.6) is 5.75 Å². The number of alkyl carbamates (subject to hydrolysis) is 1. The summed E-state index contributed by atoms with van der Waals surface area (Å²) in [4.78, 5) is 36.3. The van der Waals surface area contributed by atoms with Crippen LogP contribution in [0.2, 0.25) is 0 Å². The van der Waals surface area contributed by atoms with E-state index in [1.807, 2.05) is 24.8 Å². The average molecular weight is 641 g/mol. The molecule has 0 unspecified atom stereocenters. The Morgan fingerprint density at radius 1 is 1.04 bits per heavy atom. The van der Waals surface area contributed by atoms with Crippen molar-refractivity contribution >= 4 is 33.8 Å². The number of amides is 2. The number of imidazole rings is 1. The fourth-order valence-corrected chi connectivity index (χ4v) is 7.04. The number of hydrogen-bond donors (Lipinski definition) is 2. The smallest absolute Gasteiger partial charge is 0.407 e. The van der Waals surface area contributed by atoms with E-state index >= 15 is 0 Å². The number of ether oxygens (including phenoxy) is 4. The molecule has 0 saturated carbocycles. The lowest BCUT2D eigenvalue weighted by Crippen LogP contribution is -2.51. The molecule has 4 aromatic rings. The Morgan fingerprint density at radius 2 is 1.79 bits per heavy atom. The normalized spacial score (nSPS) is 22.3. The Bertz CT molecular complexity index is 1880. The van der Waals surface area contributed by atoms with Crippen LogP contribution in [0.1, 0.15) is 84.2 Å². The van der Waals surface area contributed by atoms with E-state index in [1.165, 1.54) is 7.11 Å². The molecule has 3 aliphatic heterocycles. The highest BCUT2D eigenvalue weighted by Crippen LogP contribution is 2.47. The Kier molecular flexibility index (Phi) is 7.52. The summed E-state index contributed by atoms with van der Waals surface area (Å²) >= 11 is 0. The van der Waals surface area contributed by atoms with Gasteiger partial charge in [-0.2, -0.15) is 0 Å². The van der Waals surface area contributed by atoms with E-state index in [4.69, 9.17) is 23.9 Å². The molecule has 10 heteroatoms. The van der Waals surface area contributed by atoms with E-state index in [9.17, 15) is 9.59 Å². The van der Waals surface area contributed by atoms with Crippen LogP contribution in [0.15, 0.2) is 42.5 Å². The van der Waals surface area contributed by atoms with Crippen molar-refractivity contribution in [3.8, 4) is 16.9 Å². The highest BCUT2D eigenvalue weighted by molar-refractivity contribution is 6.07. The first-order chi connectivity index (χ1) is 22.3. The van der Waals surface area contributed by atoms with E-state index < -0.39 is 29.6 Å². The van der Waals surface area contributed by atoms with Crippen LogP contribution in [0.25, 0.3) is 32.9 Å². The third-order valence-electron chi connectivity index (χ3n) is 10.4. The number of nitrogens with one attached hydrogen (secondary N) is 2. The standard InChI is InChI=1S/C37H44N4O6/c1-19(2)30(40-35(43)44-8)33(42)41-17-20(3)13-28(41)32-38-27-12-10-21-15-26-24-11-9-22(34-46-36(4,5)37(6,7)47-34)14-23(24)18-45-29(26)16-25(21)31(27)39-32/h9-12,14-16,19-20,28,30,34H,13,17-18H2,1-8H3,(H,38,39)(H,40,43)/t20-,28-,30-/m0/s1. The van der Waals surface area contributed by atoms with Crippen LogP contribution in [0, 0.1) is 11.8 Å². The van der Waals surface area contributed by atoms with Crippen LogP contribution in [0.3, 0.4) is 0 Å². The Balaban J connectivity index is 1.20. The molecule has 0 aliphatic carbocycles. The van der Waals surface area contributed by atoms with Gasteiger partial charge in [-0.1, -0.05) is 39.0 Å². The molecule has 1 aromatic heterocycles. The molecule has 248 valence electrons. The lowest BCUT2D eigenvalue weighted by molar-refractivity contribution is -0.135. The highest BCUT2D eigenvalue weighted by Gasteiger charge is 2.49. The maximum atomic E-state index is 13.8. The van der Waals surface area contributed by atoms with Gasteiger partial charge in [-0.05, 0) is 86.7 Å². The predicted octanol–water partition coefficient (Wildman–Crippen LogP) is 7.17. The lowest BCUT2D eigenvalue weighted by Gasteiger charge is -2.30. The van der Waals surface area contributed by atoms with Gasteiger partial charge in [-0.25, -0.2) is 9.78 Å². The first kappa shape index (κ1) is 31.4. The van der Waals surface area contributed by atoms with Crippen molar-refractivity contribution in [3.63, 3.8) is 0 Å². The van der Waals surface area contributed by atoms with Crippen LogP contribution >= 0.6 is 0 Å². The van der Waals surface area contributed by atoms with Crippen LogP contribution in [-0.4, -0.2) is 57.8 Å². The molecule has 0 bridgehead atoms. The Morgan fingerprint density at radius 3 is 2.49 bits per heavy atom. The first-order valence-corrected chi connectivity index (χ1v) is 16.5. The zero-order valence-corrected chi connectivity index (χ0v) is 28.4. The highest BCUT2D eigenvalue weighted by atomic mass is 16.7. The Hall–Kier alpha value is -4.15. The van der Waals surface area contributed by atoms with Crippen molar-refractivity contribution < 1.29 is 28.5 Å². The minimum Gasteiger partial charge on any atom is -0.488 e. The minimum absolute atomic E-state index is 0.107. The summed E-state index contributed by atoms with van der Waals surface area (Å²) in [6, 6.07) is 13.8. The number of rotatable bonds is 5. The number of likely N-dealkylation sites (tertiary alicyclic amines) is 1. The van der Waals surface area contributed by atoms with Gasteiger partial charge in [-0.15, -0.1) is 0 Å². The molecule has 3 aromatic carbocycles. The van der Waals surface area contributed by atoms with E-state index in [-0.39, 0.29) is 23.8 Å². The Labute approximate surface area is 275 Å². The van der Waals surface area contributed by atoms with Crippen molar-refractivity contribution in [2.24, 2.45) is 11.8 Å². The quantitative estimate of drug-likeness (QED) is 0.238. The number of hydrogen-bond acceptors (Lipinski definition) is 7. The van der Waals surface area contributed by atoms with E-state index in [2.05, 4.69) is 81.3 Å². The zero-order valence-electron chi connectivity index (χ0n) is 28.4. The maximum Gasteiger partial charge on any atom is 0.407 e. The fourth-order valence-electron chi connectivity index (χ4n) is 7.04. The van der Waals surface area contributed by atoms with E-state index in [0.717, 1.165) is 62.1 Å². The molecule has 0 spiro atoms. The average Bonchev–Trinajstić information content (AvgIpc) is 3.70. The first-order valence-electron chi connectivity index (χ1n) is 16.5. The predicted molar refractivity (Wildman–Crippen MR) is 179 cm³/mol. The SMILES string of the molecule is COC(=O)N[C@H](C(=O)N1C[C@@H](C)C[C@H]1c1nc2ccc3cc4c(cc3c2[nH]1)OCc1cc(C2OC(C)(C)C(C)(C)O2)ccc1-4)C(C)C. The molecule has 2 fully saturated rings. The number of methoxy groups -OCH3 is 1.